The molecule has 1 atom stereocenters. The van der Waals surface area contributed by atoms with E-state index in [-0.39, 0.29) is 12.1 Å². The quantitative estimate of drug-likeness (QED) is 0.143. The molecule has 1 unspecified atom stereocenters. The zero-order chi connectivity index (χ0) is 20.0. The fourth-order valence-electron chi connectivity index (χ4n) is 3.33. The van der Waals surface area contributed by atoms with Gasteiger partial charge >= 0.3 is 5.97 Å². The third-order valence-electron chi connectivity index (χ3n) is 5.17. The van der Waals surface area contributed by atoms with Gasteiger partial charge in [-0.3, -0.25) is 9.59 Å². The first kappa shape index (κ1) is 25.9. The van der Waals surface area contributed by atoms with E-state index in [9.17, 15) is 9.59 Å². The molecule has 0 saturated heterocycles. The Morgan fingerprint density at radius 1 is 0.778 bits per heavy atom. The summed E-state index contributed by atoms with van der Waals surface area (Å²) in [5, 5.41) is 2.57. The summed E-state index contributed by atoms with van der Waals surface area (Å²) in [5.74, 6) is -0.135. The highest BCUT2D eigenvalue weighted by atomic mass is 16.5. The van der Waals surface area contributed by atoms with Crippen molar-refractivity contribution in [3.63, 3.8) is 0 Å². The van der Waals surface area contributed by atoms with Crippen molar-refractivity contribution in [1.82, 2.24) is 5.32 Å². The lowest BCUT2D eigenvalue weighted by atomic mass is 10.0. The van der Waals surface area contributed by atoms with E-state index in [4.69, 9.17) is 4.74 Å². The summed E-state index contributed by atoms with van der Waals surface area (Å²) in [6, 6.07) is 0. The third kappa shape index (κ3) is 19.5. The lowest BCUT2D eigenvalue weighted by Gasteiger charge is -2.15. The van der Waals surface area contributed by atoms with Gasteiger partial charge in [0.05, 0.1) is 6.54 Å². The van der Waals surface area contributed by atoms with Gasteiger partial charge in [-0.25, -0.2) is 0 Å². The van der Waals surface area contributed by atoms with E-state index in [1.54, 1.807) is 0 Å². The molecule has 0 aliphatic heterocycles. The Kier molecular flexibility index (Phi) is 20.4. The highest BCUT2D eigenvalue weighted by Gasteiger charge is 2.11. The molecule has 1 amide bonds. The van der Waals surface area contributed by atoms with E-state index < -0.39 is 0 Å². The van der Waals surface area contributed by atoms with Crippen LogP contribution < -0.4 is 5.32 Å². The van der Waals surface area contributed by atoms with Crippen LogP contribution in [-0.4, -0.2) is 25.0 Å². The van der Waals surface area contributed by atoms with E-state index in [0.717, 1.165) is 19.3 Å². The van der Waals surface area contributed by atoms with E-state index in [1.165, 1.54) is 83.5 Å². The van der Waals surface area contributed by atoms with Gasteiger partial charge in [0, 0.05) is 6.42 Å². The number of hydrogen-bond donors (Lipinski definition) is 1. The van der Waals surface area contributed by atoms with Crippen LogP contribution in [0.4, 0.5) is 0 Å². The Balaban J connectivity index is 3.28. The van der Waals surface area contributed by atoms with Crippen LogP contribution in [0.2, 0.25) is 0 Å². The maximum Gasteiger partial charge on any atom is 0.306 e. The molecule has 0 spiro atoms. The largest absolute Gasteiger partial charge is 0.460 e. The second kappa shape index (κ2) is 21.2. The molecule has 0 heterocycles. The van der Waals surface area contributed by atoms with Crippen LogP contribution in [0.15, 0.2) is 0 Å². The molecule has 0 saturated carbocycles. The highest BCUT2D eigenvalue weighted by Crippen LogP contribution is 2.14. The molecule has 27 heavy (non-hydrogen) atoms. The summed E-state index contributed by atoms with van der Waals surface area (Å²) in [6.45, 7) is 4.63. The van der Waals surface area contributed by atoms with Gasteiger partial charge in [-0.05, 0) is 12.8 Å². The van der Waals surface area contributed by atoms with E-state index >= 15 is 0 Å². The first-order valence-electron chi connectivity index (χ1n) is 11.6. The Hall–Kier alpha value is -1.06. The fourth-order valence-corrected chi connectivity index (χ4v) is 3.33. The number of esters is 1. The average molecular weight is 384 g/mol. The first-order valence-corrected chi connectivity index (χ1v) is 11.6. The smallest absolute Gasteiger partial charge is 0.306 e. The lowest BCUT2D eigenvalue weighted by molar-refractivity contribution is -0.149. The number of carbonyl (C=O) groups is 2. The molecule has 0 aliphatic rings. The second-order valence-electron chi connectivity index (χ2n) is 7.75. The minimum atomic E-state index is -0.195. The molecule has 0 bridgehead atoms. The topological polar surface area (TPSA) is 55.4 Å². The van der Waals surface area contributed by atoms with Crippen molar-refractivity contribution in [2.24, 2.45) is 0 Å². The molecule has 1 N–H and O–H groups in total. The minimum absolute atomic E-state index is 0.135. The SMILES string of the molecule is CCCCCCCCCCCCCCCCCC(=O)OC(CC)CNC=O. The van der Waals surface area contributed by atoms with Crippen LogP contribution >= 0.6 is 0 Å². The van der Waals surface area contributed by atoms with Crippen LogP contribution in [0.25, 0.3) is 0 Å². The monoisotopic (exact) mass is 383 g/mol. The maximum atomic E-state index is 11.8. The first-order chi connectivity index (χ1) is 13.2. The normalized spacial score (nSPS) is 11.9. The molecule has 0 rings (SSSR count). The van der Waals surface area contributed by atoms with E-state index in [0.29, 0.717) is 19.4 Å². The number of carbonyl (C=O) groups excluding carboxylic acids is 2. The Labute approximate surface area is 168 Å². The van der Waals surface area contributed by atoms with Crippen LogP contribution in [0.5, 0.6) is 0 Å². The van der Waals surface area contributed by atoms with Gasteiger partial charge in [0.25, 0.3) is 0 Å². The molecule has 0 aliphatic carbocycles. The lowest BCUT2D eigenvalue weighted by Crippen LogP contribution is -2.29. The van der Waals surface area contributed by atoms with Gasteiger partial charge in [-0.15, -0.1) is 0 Å². The van der Waals surface area contributed by atoms with Crippen LogP contribution in [0.1, 0.15) is 123 Å². The number of hydrogen-bond acceptors (Lipinski definition) is 3. The molecule has 4 heteroatoms. The van der Waals surface area contributed by atoms with Gasteiger partial charge in [0.2, 0.25) is 6.41 Å². The van der Waals surface area contributed by atoms with Gasteiger partial charge < -0.3 is 10.1 Å². The second-order valence-corrected chi connectivity index (χ2v) is 7.75. The molecule has 0 radical (unpaired) electrons. The number of rotatable bonds is 21. The van der Waals surface area contributed by atoms with E-state index in [1.807, 2.05) is 6.92 Å². The molecule has 0 aromatic heterocycles. The zero-order valence-electron chi connectivity index (χ0n) is 18.1. The van der Waals surface area contributed by atoms with Gasteiger partial charge in [-0.1, -0.05) is 104 Å². The van der Waals surface area contributed by atoms with Crippen molar-refractivity contribution < 1.29 is 14.3 Å². The molecule has 0 aromatic carbocycles. The minimum Gasteiger partial charge on any atom is -0.460 e. The maximum absolute atomic E-state index is 11.8. The molecular weight excluding hydrogens is 338 g/mol. The molecule has 0 fully saturated rings. The molecule has 4 nitrogen and oxygen atoms in total. The number of ether oxygens (including phenoxy) is 1. The zero-order valence-corrected chi connectivity index (χ0v) is 18.1. The summed E-state index contributed by atoms with van der Waals surface area (Å²) < 4.78 is 5.36. The molecule has 0 aromatic rings. The number of unbranched alkanes of at least 4 members (excludes halogenated alkanes) is 14. The highest BCUT2D eigenvalue weighted by molar-refractivity contribution is 5.69. The summed E-state index contributed by atoms with van der Waals surface area (Å²) >= 11 is 0. The summed E-state index contributed by atoms with van der Waals surface area (Å²) in [7, 11) is 0. The summed E-state index contributed by atoms with van der Waals surface area (Å²) in [5.41, 5.74) is 0. The van der Waals surface area contributed by atoms with Crippen molar-refractivity contribution >= 4 is 12.4 Å². The Bertz CT molecular complexity index is 334. The Morgan fingerprint density at radius 3 is 1.63 bits per heavy atom. The number of nitrogens with one attached hydrogen (secondary N) is 1. The van der Waals surface area contributed by atoms with Crippen molar-refractivity contribution in [2.75, 3.05) is 6.54 Å². The van der Waals surface area contributed by atoms with Crippen molar-refractivity contribution in [1.29, 1.82) is 0 Å². The van der Waals surface area contributed by atoms with Crippen LogP contribution in [-0.2, 0) is 14.3 Å². The predicted molar refractivity (Wildman–Crippen MR) is 114 cm³/mol. The van der Waals surface area contributed by atoms with Gasteiger partial charge in [-0.2, -0.15) is 0 Å². The van der Waals surface area contributed by atoms with Crippen molar-refractivity contribution in [2.45, 2.75) is 129 Å². The molecular formula is C23H45NO3. The average Bonchev–Trinajstić information content (AvgIpc) is 2.68. The van der Waals surface area contributed by atoms with Crippen molar-refractivity contribution in [3.8, 4) is 0 Å². The van der Waals surface area contributed by atoms with Gasteiger partial charge in [0.15, 0.2) is 0 Å². The summed E-state index contributed by atoms with van der Waals surface area (Å²) in [4.78, 5) is 22.1. The molecule has 160 valence electrons. The van der Waals surface area contributed by atoms with E-state index in [2.05, 4.69) is 12.2 Å². The number of amides is 1. The van der Waals surface area contributed by atoms with Crippen LogP contribution in [0, 0.1) is 0 Å². The Morgan fingerprint density at radius 2 is 1.22 bits per heavy atom. The van der Waals surface area contributed by atoms with Crippen LogP contribution in [0.3, 0.4) is 0 Å². The predicted octanol–water partition coefficient (Wildman–Crippen LogP) is 6.32. The fraction of sp³-hybridized carbons (Fsp3) is 0.913. The summed E-state index contributed by atoms with van der Waals surface area (Å²) in [6.07, 6.45) is 21.5. The van der Waals surface area contributed by atoms with Gasteiger partial charge in [0.1, 0.15) is 6.10 Å². The third-order valence-corrected chi connectivity index (χ3v) is 5.17. The van der Waals surface area contributed by atoms with Crippen molar-refractivity contribution in [3.05, 3.63) is 0 Å². The standard InChI is InChI=1S/C23H45NO3/c1-3-5-6-7-8-9-10-11-12-13-14-15-16-17-18-19-23(26)27-22(4-2)20-24-21-25/h21-22H,3-20H2,1-2H3,(H,24,25).